The summed E-state index contributed by atoms with van der Waals surface area (Å²) in [5.41, 5.74) is 7.32. The fourth-order valence-electron chi connectivity index (χ4n) is 3.50. The first-order valence-corrected chi connectivity index (χ1v) is 9.38. The number of hydrogen-bond acceptors (Lipinski definition) is 6. The van der Waals surface area contributed by atoms with Crippen LogP contribution in [-0.2, 0) is 0 Å². The van der Waals surface area contributed by atoms with Crippen LogP contribution in [0.25, 0.3) is 56.1 Å². The number of aromatic nitrogens is 8. The van der Waals surface area contributed by atoms with Gasteiger partial charge in [0.1, 0.15) is 11.0 Å². The van der Waals surface area contributed by atoms with E-state index in [0.717, 1.165) is 44.6 Å². The lowest BCUT2D eigenvalue weighted by atomic mass is 10.1. The van der Waals surface area contributed by atoms with Crippen LogP contribution >= 0.6 is 0 Å². The Hall–Kier alpha value is -4.46. The summed E-state index contributed by atoms with van der Waals surface area (Å²) < 4.78 is 0. The van der Waals surface area contributed by atoms with Gasteiger partial charge in [-0.25, -0.2) is 9.97 Å². The standard InChI is InChI=1S/C22H14N8/c1-3-13(11-23-8-1)15-5-6-17-20(26-15)21(30-29-17)22-27-16-7-10-25-18(19(16)28-22)14-4-2-9-24-12-14/h1-12H,(H,27,28)(H,29,30). The number of H-pyrrole nitrogens is 2. The maximum Gasteiger partial charge on any atom is 0.161 e. The highest BCUT2D eigenvalue weighted by molar-refractivity contribution is 5.94. The Bertz CT molecular complexity index is 1490. The molecule has 2 N–H and O–H groups in total. The third kappa shape index (κ3) is 2.62. The quantitative estimate of drug-likeness (QED) is 0.472. The van der Waals surface area contributed by atoms with Gasteiger partial charge in [-0.3, -0.25) is 20.1 Å². The molecule has 6 rings (SSSR count). The average molecular weight is 390 g/mol. The van der Waals surface area contributed by atoms with Gasteiger partial charge in [0.2, 0.25) is 0 Å². The van der Waals surface area contributed by atoms with Gasteiger partial charge in [0.15, 0.2) is 11.5 Å². The first-order chi connectivity index (χ1) is 14.9. The minimum Gasteiger partial charge on any atom is -0.336 e. The van der Waals surface area contributed by atoms with Crippen molar-refractivity contribution in [3.63, 3.8) is 0 Å². The van der Waals surface area contributed by atoms with Crippen molar-refractivity contribution in [1.82, 2.24) is 40.1 Å². The monoisotopic (exact) mass is 390 g/mol. The van der Waals surface area contributed by atoms with Crippen molar-refractivity contribution in [2.24, 2.45) is 0 Å². The van der Waals surface area contributed by atoms with Crippen molar-refractivity contribution in [3.8, 4) is 34.0 Å². The number of aromatic amines is 2. The van der Waals surface area contributed by atoms with E-state index in [1.807, 2.05) is 42.5 Å². The summed E-state index contributed by atoms with van der Waals surface area (Å²) in [6.45, 7) is 0. The SMILES string of the molecule is c1cncc(-c2ccc3[nH]nc(-c4nc5c(-c6cccnc6)nccc5[nH]4)c3n2)c1. The second kappa shape index (κ2) is 6.56. The largest absolute Gasteiger partial charge is 0.336 e. The number of nitrogens with one attached hydrogen (secondary N) is 2. The molecule has 0 aromatic carbocycles. The van der Waals surface area contributed by atoms with E-state index in [-0.39, 0.29) is 0 Å². The van der Waals surface area contributed by atoms with Crippen LogP contribution in [0, 0.1) is 0 Å². The summed E-state index contributed by atoms with van der Waals surface area (Å²) in [4.78, 5) is 25.9. The van der Waals surface area contributed by atoms with Gasteiger partial charge >= 0.3 is 0 Å². The van der Waals surface area contributed by atoms with E-state index in [1.165, 1.54) is 0 Å². The van der Waals surface area contributed by atoms with E-state index in [4.69, 9.17) is 9.97 Å². The molecule has 8 nitrogen and oxygen atoms in total. The first-order valence-electron chi connectivity index (χ1n) is 9.38. The van der Waals surface area contributed by atoms with Gasteiger partial charge in [-0.05, 0) is 42.5 Å². The van der Waals surface area contributed by atoms with Crippen LogP contribution in [0.4, 0.5) is 0 Å². The molecule has 0 fully saturated rings. The molecule has 0 aliphatic rings. The molecule has 6 aromatic rings. The van der Waals surface area contributed by atoms with Crippen molar-refractivity contribution in [2.75, 3.05) is 0 Å². The predicted octanol–water partition coefficient (Wildman–Crippen LogP) is 4.02. The van der Waals surface area contributed by atoms with Crippen LogP contribution in [0.3, 0.4) is 0 Å². The molecular formula is C22H14N8. The summed E-state index contributed by atoms with van der Waals surface area (Å²) in [7, 11) is 0. The van der Waals surface area contributed by atoms with E-state index < -0.39 is 0 Å². The minimum atomic E-state index is 0.630. The minimum absolute atomic E-state index is 0.630. The molecule has 0 unspecified atom stereocenters. The zero-order valence-corrected chi connectivity index (χ0v) is 15.6. The number of pyridine rings is 4. The predicted molar refractivity (Wildman–Crippen MR) is 113 cm³/mol. The fourth-order valence-corrected chi connectivity index (χ4v) is 3.50. The topological polar surface area (TPSA) is 109 Å². The summed E-state index contributed by atoms with van der Waals surface area (Å²) in [5.74, 6) is 0.630. The lowest BCUT2D eigenvalue weighted by molar-refractivity contribution is 1.10. The summed E-state index contributed by atoms with van der Waals surface area (Å²) >= 11 is 0. The zero-order chi connectivity index (χ0) is 19.9. The van der Waals surface area contributed by atoms with E-state index in [2.05, 4.69) is 30.1 Å². The van der Waals surface area contributed by atoms with Crippen molar-refractivity contribution >= 4 is 22.1 Å². The normalized spacial score (nSPS) is 11.3. The molecule has 30 heavy (non-hydrogen) atoms. The molecule has 0 saturated carbocycles. The Morgan fingerprint density at radius 1 is 0.667 bits per heavy atom. The lowest BCUT2D eigenvalue weighted by Gasteiger charge is -2.00. The molecule has 142 valence electrons. The van der Waals surface area contributed by atoms with Crippen LogP contribution < -0.4 is 0 Å². The molecule has 0 radical (unpaired) electrons. The lowest BCUT2D eigenvalue weighted by Crippen LogP contribution is -1.87. The maximum absolute atomic E-state index is 4.81. The van der Waals surface area contributed by atoms with Gasteiger partial charge < -0.3 is 4.98 Å². The Morgan fingerprint density at radius 3 is 2.27 bits per heavy atom. The number of rotatable bonds is 3. The van der Waals surface area contributed by atoms with Crippen LogP contribution in [-0.4, -0.2) is 40.1 Å². The Kier molecular flexibility index (Phi) is 3.60. The molecule has 0 bridgehead atoms. The maximum atomic E-state index is 4.81. The Morgan fingerprint density at radius 2 is 1.47 bits per heavy atom. The zero-order valence-electron chi connectivity index (χ0n) is 15.6. The van der Waals surface area contributed by atoms with Crippen LogP contribution in [0.1, 0.15) is 0 Å². The second-order valence-corrected chi connectivity index (χ2v) is 6.79. The molecule has 0 aliphatic carbocycles. The summed E-state index contributed by atoms with van der Waals surface area (Å²) in [6, 6.07) is 13.5. The highest BCUT2D eigenvalue weighted by Gasteiger charge is 2.17. The van der Waals surface area contributed by atoms with Crippen molar-refractivity contribution in [1.29, 1.82) is 0 Å². The van der Waals surface area contributed by atoms with Gasteiger partial charge in [0.25, 0.3) is 0 Å². The van der Waals surface area contributed by atoms with Gasteiger partial charge in [-0.2, -0.15) is 5.10 Å². The summed E-state index contributed by atoms with van der Waals surface area (Å²) in [5, 5.41) is 7.51. The molecule has 0 aliphatic heterocycles. The van der Waals surface area contributed by atoms with Gasteiger partial charge in [0.05, 0.1) is 22.4 Å². The smallest absolute Gasteiger partial charge is 0.161 e. The van der Waals surface area contributed by atoms with E-state index in [0.29, 0.717) is 11.5 Å². The van der Waals surface area contributed by atoms with Gasteiger partial charge in [-0.1, -0.05) is 0 Å². The van der Waals surface area contributed by atoms with Crippen molar-refractivity contribution < 1.29 is 0 Å². The number of hydrogen-bond donors (Lipinski definition) is 2. The third-order valence-electron chi connectivity index (χ3n) is 4.93. The van der Waals surface area contributed by atoms with Crippen LogP contribution in [0.2, 0.25) is 0 Å². The van der Waals surface area contributed by atoms with Crippen molar-refractivity contribution in [2.45, 2.75) is 0 Å². The number of nitrogens with zero attached hydrogens (tertiary/aromatic N) is 6. The van der Waals surface area contributed by atoms with Crippen molar-refractivity contribution in [3.05, 3.63) is 73.4 Å². The molecule has 0 spiro atoms. The van der Waals surface area contributed by atoms with E-state index in [1.54, 1.807) is 31.0 Å². The molecule has 8 heteroatoms. The Balaban J connectivity index is 1.52. The number of fused-ring (bicyclic) bond motifs is 2. The highest BCUT2D eigenvalue weighted by Crippen LogP contribution is 2.30. The Labute approximate surface area is 170 Å². The molecule has 0 amide bonds. The van der Waals surface area contributed by atoms with E-state index >= 15 is 0 Å². The summed E-state index contributed by atoms with van der Waals surface area (Å²) in [6.07, 6.45) is 8.81. The highest BCUT2D eigenvalue weighted by atomic mass is 15.2. The third-order valence-corrected chi connectivity index (χ3v) is 4.93. The second-order valence-electron chi connectivity index (χ2n) is 6.79. The average Bonchev–Trinajstić information content (AvgIpc) is 3.43. The molecule has 6 aromatic heterocycles. The fraction of sp³-hybridized carbons (Fsp3) is 0. The number of imidazole rings is 1. The molecule has 0 saturated heterocycles. The molecular weight excluding hydrogens is 376 g/mol. The van der Waals surface area contributed by atoms with E-state index in [9.17, 15) is 0 Å². The van der Waals surface area contributed by atoms with Gasteiger partial charge in [0, 0.05) is 42.1 Å². The van der Waals surface area contributed by atoms with Crippen LogP contribution in [0.5, 0.6) is 0 Å². The first kappa shape index (κ1) is 16.5. The molecule has 0 atom stereocenters. The van der Waals surface area contributed by atoms with Gasteiger partial charge in [-0.15, -0.1) is 0 Å². The van der Waals surface area contributed by atoms with Crippen LogP contribution in [0.15, 0.2) is 73.4 Å². The molecule has 6 heterocycles.